The second-order valence-electron chi connectivity index (χ2n) is 9.44. The third kappa shape index (κ3) is 7.25. The molecular weight excluding hydrogens is 625 g/mol. The van der Waals surface area contributed by atoms with Crippen molar-refractivity contribution >= 4 is 56.6 Å². The Balaban J connectivity index is 0.00000190. The van der Waals surface area contributed by atoms with E-state index >= 15 is 0 Å². The number of hydrogen-bond acceptors (Lipinski definition) is 4. The minimum atomic E-state index is -0.258. The van der Waals surface area contributed by atoms with Crippen LogP contribution >= 0.6 is 45.6 Å². The maximum Gasteiger partial charge on any atom is 0.136 e. The summed E-state index contributed by atoms with van der Waals surface area (Å²) in [5.74, 6) is 1.57. The van der Waals surface area contributed by atoms with Gasteiger partial charge in [0.05, 0.1) is 16.1 Å². The minimum Gasteiger partial charge on any atom is -0.508 e. The number of benzene rings is 3. The molecule has 1 aliphatic heterocycles. The van der Waals surface area contributed by atoms with Crippen molar-refractivity contribution in [3.63, 3.8) is 0 Å². The van der Waals surface area contributed by atoms with Crippen LogP contribution in [0.1, 0.15) is 29.8 Å². The Bertz CT molecular complexity index is 1310. The predicted octanol–water partition coefficient (Wildman–Crippen LogP) is 6.94. The van der Waals surface area contributed by atoms with Crippen molar-refractivity contribution in [2.45, 2.75) is 32.2 Å². The molecule has 1 saturated heterocycles. The molecule has 4 aromatic rings. The van der Waals surface area contributed by atoms with Crippen LogP contribution in [0.3, 0.4) is 0 Å². The highest BCUT2D eigenvalue weighted by atomic mass is 79.9. The molecule has 9 heteroatoms. The Hall–Kier alpha value is -2.13. The first kappa shape index (κ1) is 29.4. The molecule has 1 aliphatic rings. The number of fused-ring (bicyclic) bond motifs is 1. The number of hydrogen-bond donors (Lipinski definition) is 2. The van der Waals surface area contributed by atoms with Crippen molar-refractivity contribution in [1.29, 1.82) is 0 Å². The van der Waals surface area contributed by atoms with E-state index in [0.29, 0.717) is 18.2 Å². The van der Waals surface area contributed by atoms with Gasteiger partial charge in [-0.25, -0.2) is 9.37 Å². The zero-order chi connectivity index (χ0) is 24.4. The van der Waals surface area contributed by atoms with Crippen LogP contribution in [-0.4, -0.2) is 44.3 Å². The van der Waals surface area contributed by atoms with Crippen LogP contribution < -0.4 is 0 Å². The minimum absolute atomic E-state index is 0. The molecule has 198 valence electrons. The van der Waals surface area contributed by atoms with Crippen LogP contribution in [0.2, 0.25) is 5.02 Å². The highest BCUT2D eigenvalue weighted by Gasteiger charge is 2.23. The van der Waals surface area contributed by atoms with Gasteiger partial charge in [-0.15, -0.1) is 34.0 Å². The maximum absolute atomic E-state index is 13.4. The van der Waals surface area contributed by atoms with Crippen LogP contribution in [-0.2, 0) is 19.4 Å². The molecule has 5 nitrogen and oxygen atoms in total. The molecule has 5 rings (SSSR count). The first-order chi connectivity index (χ1) is 16.9. The van der Waals surface area contributed by atoms with Gasteiger partial charge in [0.2, 0.25) is 0 Å². The third-order valence-electron chi connectivity index (χ3n) is 6.98. The Morgan fingerprint density at radius 1 is 0.919 bits per heavy atom. The molecule has 2 N–H and O–H groups in total. The van der Waals surface area contributed by atoms with E-state index in [1.165, 1.54) is 17.7 Å². The van der Waals surface area contributed by atoms with Crippen molar-refractivity contribution < 1.29 is 14.6 Å². The Kier molecular flexibility index (Phi) is 10.4. The smallest absolute Gasteiger partial charge is 0.136 e. The van der Waals surface area contributed by atoms with E-state index < -0.39 is 0 Å². The van der Waals surface area contributed by atoms with Crippen molar-refractivity contribution in [1.82, 2.24) is 14.5 Å². The van der Waals surface area contributed by atoms with E-state index in [2.05, 4.69) is 9.47 Å². The monoisotopic (exact) mass is 653 g/mol. The van der Waals surface area contributed by atoms with Crippen molar-refractivity contribution in [3.05, 3.63) is 88.5 Å². The standard InChI is InChI=1S/C28H29ClFN3O2.2BrH/c29-24-16-25-26(17-27(24)35)33(18-21-1-5-22(30)6-2-21)28(31-25)15-20-10-13-32(14-11-20)12-9-19-3-7-23(34)8-4-19;;/h1-8,16-17,20,34-35H,9-15,18H2;2*1H. The number of phenols is 2. The number of likely N-dealkylation sites (tertiary alicyclic amines) is 1. The van der Waals surface area contributed by atoms with Gasteiger partial charge in [-0.2, -0.15) is 0 Å². The van der Waals surface area contributed by atoms with Crippen LogP contribution in [0.5, 0.6) is 11.5 Å². The number of imidazole rings is 1. The maximum atomic E-state index is 13.4. The fraction of sp³-hybridized carbons (Fsp3) is 0.321. The van der Waals surface area contributed by atoms with Crippen LogP contribution in [0.15, 0.2) is 60.7 Å². The fourth-order valence-corrected chi connectivity index (χ4v) is 5.07. The van der Waals surface area contributed by atoms with Crippen molar-refractivity contribution in [3.8, 4) is 11.5 Å². The summed E-state index contributed by atoms with van der Waals surface area (Å²) in [5, 5.41) is 20.0. The number of rotatable bonds is 7. The van der Waals surface area contributed by atoms with Crippen LogP contribution in [0.25, 0.3) is 11.0 Å². The molecule has 0 saturated carbocycles. The van der Waals surface area contributed by atoms with Crippen LogP contribution in [0.4, 0.5) is 4.39 Å². The van der Waals surface area contributed by atoms with Gasteiger partial charge in [0, 0.05) is 25.6 Å². The first-order valence-corrected chi connectivity index (χ1v) is 12.4. The van der Waals surface area contributed by atoms with Crippen molar-refractivity contribution in [2.75, 3.05) is 19.6 Å². The van der Waals surface area contributed by atoms with E-state index in [0.717, 1.165) is 67.7 Å². The van der Waals surface area contributed by atoms with Gasteiger partial charge in [0.25, 0.3) is 0 Å². The second kappa shape index (κ2) is 13.1. The van der Waals surface area contributed by atoms with Crippen molar-refractivity contribution in [2.24, 2.45) is 5.92 Å². The molecule has 0 bridgehead atoms. The highest BCUT2D eigenvalue weighted by Crippen LogP contribution is 2.31. The molecule has 0 spiro atoms. The number of aromatic hydroxyl groups is 2. The van der Waals surface area contributed by atoms with E-state index in [9.17, 15) is 14.6 Å². The third-order valence-corrected chi connectivity index (χ3v) is 7.28. The van der Waals surface area contributed by atoms with Gasteiger partial charge in [0.15, 0.2) is 0 Å². The average Bonchev–Trinajstić information content (AvgIpc) is 3.16. The van der Waals surface area contributed by atoms with E-state index in [1.54, 1.807) is 36.4 Å². The second-order valence-corrected chi connectivity index (χ2v) is 9.85. The van der Waals surface area contributed by atoms with Crippen LogP contribution in [0, 0.1) is 11.7 Å². The number of phenolic OH excluding ortho intramolecular Hbond substituents is 2. The number of aromatic nitrogens is 2. The summed E-state index contributed by atoms with van der Waals surface area (Å²) in [7, 11) is 0. The molecule has 0 atom stereocenters. The molecule has 0 radical (unpaired) electrons. The lowest BCUT2D eigenvalue weighted by molar-refractivity contribution is 0.184. The summed E-state index contributed by atoms with van der Waals surface area (Å²) in [5.41, 5.74) is 3.81. The van der Waals surface area contributed by atoms with E-state index in [4.69, 9.17) is 16.6 Å². The summed E-state index contributed by atoms with van der Waals surface area (Å²) in [4.78, 5) is 7.39. The number of nitrogens with zero attached hydrogens (tertiary/aromatic N) is 3. The molecule has 1 fully saturated rings. The quantitative estimate of drug-likeness (QED) is 0.227. The van der Waals surface area contributed by atoms with Gasteiger partial charge < -0.3 is 19.7 Å². The zero-order valence-corrected chi connectivity index (χ0v) is 24.5. The Morgan fingerprint density at radius 3 is 2.24 bits per heavy atom. The van der Waals surface area contributed by atoms with Gasteiger partial charge in [0.1, 0.15) is 23.1 Å². The molecule has 0 amide bonds. The zero-order valence-electron chi connectivity index (χ0n) is 20.3. The normalized spacial score (nSPS) is 14.3. The average molecular weight is 656 g/mol. The van der Waals surface area contributed by atoms with Gasteiger partial charge in [-0.3, -0.25) is 0 Å². The topological polar surface area (TPSA) is 61.5 Å². The Labute approximate surface area is 242 Å². The highest BCUT2D eigenvalue weighted by molar-refractivity contribution is 8.93. The predicted molar refractivity (Wildman–Crippen MR) is 157 cm³/mol. The fourth-order valence-electron chi connectivity index (χ4n) is 4.91. The lowest BCUT2D eigenvalue weighted by atomic mass is 9.93. The summed E-state index contributed by atoms with van der Waals surface area (Å²) in [6.07, 6.45) is 4.02. The molecule has 2 heterocycles. The molecule has 37 heavy (non-hydrogen) atoms. The molecule has 0 aliphatic carbocycles. The largest absolute Gasteiger partial charge is 0.508 e. The van der Waals surface area contributed by atoms with Gasteiger partial charge in [-0.05, 0) is 79.7 Å². The Morgan fingerprint density at radius 2 is 1.57 bits per heavy atom. The summed E-state index contributed by atoms with van der Waals surface area (Å²) in [6, 6.07) is 17.3. The lowest BCUT2D eigenvalue weighted by Gasteiger charge is -2.32. The van der Waals surface area contributed by atoms with Gasteiger partial charge >= 0.3 is 0 Å². The summed E-state index contributed by atoms with van der Waals surface area (Å²) >= 11 is 6.16. The van der Waals surface area contributed by atoms with E-state index in [1.807, 2.05) is 12.1 Å². The molecule has 1 aromatic heterocycles. The summed E-state index contributed by atoms with van der Waals surface area (Å²) in [6.45, 7) is 3.66. The number of halogens is 4. The SMILES string of the molecule is Br.Br.Oc1ccc(CCN2CCC(Cc3nc4cc(Cl)c(O)cc4n3Cc3ccc(F)cc3)CC2)cc1. The first-order valence-electron chi connectivity index (χ1n) is 12.1. The lowest BCUT2D eigenvalue weighted by Crippen LogP contribution is -2.36. The summed E-state index contributed by atoms with van der Waals surface area (Å²) < 4.78 is 15.5. The number of piperidine rings is 1. The molecule has 3 aromatic carbocycles. The van der Waals surface area contributed by atoms with Gasteiger partial charge in [-0.1, -0.05) is 35.9 Å². The molecule has 0 unspecified atom stereocenters. The van der Waals surface area contributed by atoms with E-state index in [-0.39, 0.29) is 50.6 Å². The molecular formula is C28H31Br2ClFN3O2.